The molecule has 3 N–H and O–H groups in total. The Hall–Kier alpha value is -1.50. The van der Waals surface area contributed by atoms with Crippen LogP contribution in [0.3, 0.4) is 0 Å². The zero-order chi connectivity index (χ0) is 13.5. The lowest BCUT2D eigenvalue weighted by molar-refractivity contribution is -0.123. The molecule has 0 radical (unpaired) electrons. The van der Waals surface area contributed by atoms with E-state index in [1.165, 1.54) is 0 Å². The van der Waals surface area contributed by atoms with Crippen LogP contribution in [0.1, 0.15) is 31.4 Å². The molecule has 1 aromatic rings. The molecular weight excluding hydrogens is 248 g/mol. The molecule has 0 heterocycles. The molecule has 0 aromatic heterocycles. The Kier molecular flexibility index (Phi) is 5.70. The van der Waals surface area contributed by atoms with Gasteiger partial charge in [0.1, 0.15) is 0 Å². The van der Waals surface area contributed by atoms with E-state index in [4.69, 9.17) is 23.8 Å². The van der Waals surface area contributed by atoms with Crippen molar-refractivity contribution in [1.82, 2.24) is 5.32 Å². The van der Waals surface area contributed by atoms with Crippen LogP contribution in [-0.2, 0) is 4.79 Å². The standard InChI is InChI=1S/C14H17ClN2O/c1-3-5-12(16)14(18)17-13(4-2)10-6-8-11(15)9-7-10/h1,6-9,12-13H,4-5,16H2,2H3,(H,17,18). The van der Waals surface area contributed by atoms with Gasteiger partial charge < -0.3 is 11.1 Å². The largest absolute Gasteiger partial charge is 0.348 e. The predicted octanol–water partition coefficient (Wildman–Crippen LogP) is 2.26. The molecule has 0 saturated carbocycles. The fourth-order valence-corrected chi connectivity index (χ4v) is 1.74. The number of carbonyl (C=O) groups excluding carboxylic acids is 1. The van der Waals surface area contributed by atoms with Gasteiger partial charge in [-0.2, -0.15) is 0 Å². The van der Waals surface area contributed by atoms with Crippen LogP contribution < -0.4 is 11.1 Å². The van der Waals surface area contributed by atoms with Crippen molar-refractivity contribution in [3.63, 3.8) is 0 Å². The average molecular weight is 265 g/mol. The van der Waals surface area contributed by atoms with Gasteiger partial charge in [0.25, 0.3) is 0 Å². The van der Waals surface area contributed by atoms with Gasteiger partial charge in [0.15, 0.2) is 0 Å². The van der Waals surface area contributed by atoms with Gasteiger partial charge in [-0.15, -0.1) is 12.3 Å². The zero-order valence-electron chi connectivity index (χ0n) is 10.3. The molecule has 0 aliphatic rings. The van der Waals surface area contributed by atoms with E-state index in [1.54, 1.807) is 12.1 Å². The van der Waals surface area contributed by atoms with Gasteiger partial charge in [-0.25, -0.2) is 0 Å². The Morgan fingerprint density at radius 1 is 1.50 bits per heavy atom. The second-order valence-electron chi connectivity index (χ2n) is 4.04. The highest BCUT2D eigenvalue weighted by molar-refractivity contribution is 6.30. The number of rotatable bonds is 5. The van der Waals surface area contributed by atoms with Crippen LogP contribution in [0.5, 0.6) is 0 Å². The van der Waals surface area contributed by atoms with Crippen molar-refractivity contribution in [3.05, 3.63) is 34.9 Å². The van der Waals surface area contributed by atoms with Crippen LogP contribution in [0, 0.1) is 12.3 Å². The third-order valence-electron chi connectivity index (χ3n) is 2.67. The molecule has 4 heteroatoms. The molecule has 3 nitrogen and oxygen atoms in total. The lowest BCUT2D eigenvalue weighted by Gasteiger charge is -2.19. The van der Waals surface area contributed by atoms with Crippen LogP contribution >= 0.6 is 11.6 Å². The van der Waals surface area contributed by atoms with E-state index >= 15 is 0 Å². The first-order valence-corrected chi connectivity index (χ1v) is 6.21. The molecule has 0 bridgehead atoms. The smallest absolute Gasteiger partial charge is 0.238 e. The molecule has 96 valence electrons. The lowest BCUT2D eigenvalue weighted by atomic mass is 10.0. The summed E-state index contributed by atoms with van der Waals surface area (Å²) in [6.45, 7) is 1.99. The van der Waals surface area contributed by atoms with Crippen molar-refractivity contribution < 1.29 is 4.79 Å². The highest BCUT2D eigenvalue weighted by atomic mass is 35.5. The Labute approximate surface area is 113 Å². The van der Waals surface area contributed by atoms with Gasteiger partial charge in [-0.1, -0.05) is 30.7 Å². The molecule has 2 atom stereocenters. The van der Waals surface area contributed by atoms with Gasteiger partial charge in [-0.3, -0.25) is 4.79 Å². The van der Waals surface area contributed by atoms with Gasteiger partial charge in [0, 0.05) is 11.4 Å². The Balaban J connectivity index is 2.71. The number of terminal acetylenes is 1. The fraction of sp³-hybridized carbons (Fsp3) is 0.357. The van der Waals surface area contributed by atoms with Gasteiger partial charge in [-0.05, 0) is 24.1 Å². The topological polar surface area (TPSA) is 55.1 Å². The predicted molar refractivity (Wildman–Crippen MR) is 74.1 cm³/mol. The summed E-state index contributed by atoms with van der Waals surface area (Å²) in [5.74, 6) is 2.16. The molecule has 2 unspecified atom stereocenters. The maximum Gasteiger partial charge on any atom is 0.238 e. The van der Waals surface area contributed by atoms with Crippen LogP contribution in [0.15, 0.2) is 24.3 Å². The zero-order valence-corrected chi connectivity index (χ0v) is 11.1. The summed E-state index contributed by atoms with van der Waals surface area (Å²) in [5.41, 5.74) is 6.66. The monoisotopic (exact) mass is 264 g/mol. The van der Waals surface area contributed by atoms with E-state index in [0.717, 1.165) is 12.0 Å². The van der Waals surface area contributed by atoms with Crippen molar-refractivity contribution in [2.24, 2.45) is 5.73 Å². The van der Waals surface area contributed by atoms with Crippen molar-refractivity contribution in [2.45, 2.75) is 31.8 Å². The molecule has 0 spiro atoms. The van der Waals surface area contributed by atoms with Crippen molar-refractivity contribution in [2.75, 3.05) is 0 Å². The molecule has 0 aliphatic carbocycles. The molecule has 0 saturated heterocycles. The van der Waals surface area contributed by atoms with Gasteiger partial charge in [0.2, 0.25) is 5.91 Å². The van der Waals surface area contributed by atoms with E-state index in [0.29, 0.717) is 5.02 Å². The van der Waals surface area contributed by atoms with E-state index in [-0.39, 0.29) is 18.4 Å². The summed E-state index contributed by atoms with van der Waals surface area (Å²) in [5, 5.41) is 3.55. The number of hydrogen-bond donors (Lipinski definition) is 2. The Morgan fingerprint density at radius 2 is 2.11 bits per heavy atom. The number of carbonyl (C=O) groups is 1. The van der Waals surface area contributed by atoms with Crippen LogP contribution in [0.25, 0.3) is 0 Å². The van der Waals surface area contributed by atoms with E-state index in [2.05, 4.69) is 11.2 Å². The van der Waals surface area contributed by atoms with Crippen LogP contribution in [0.2, 0.25) is 5.02 Å². The number of nitrogens with two attached hydrogens (primary N) is 1. The summed E-state index contributed by atoms with van der Waals surface area (Å²) < 4.78 is 0. The molecule has 1 amide bonds. The third-order valence-corrected chi connectivity index (χ3v) is 2.92. The number of hydrogen-bond acceptors (Lipinski definition) is 2. The molecule has 18 heavy (non-hydrogen) atoms. The van der Waals surface area contributed by atoms with Crippen molar-refractivity contribution >= 4 is 17.5 Å². The summed E-state index contributed by atoms with van der Waals surface area (Å²) >= 11 is 5.83. The van der Waals surface area contributed by atoms with Crippen molar-refractivity contribution in [3.8, 4) is 12.3 Å². The first kappa shape index (κ1) is 14.6. The van der Waals surface area contributed by atoms with E-state index < -0.39 is 6.04 Å². The number of benzene rings is 1. The highest BCUT2D eigenvalue weighted by Crippen LogP contribution is 2.19. The number of halogens is 1. The minimum absolute atomic E-state index is 0.0707. The second kappa shape index (κ2) is 7.05. The third kappa shape index (κ3) is 4.06. The molecule has 0 fully saturated rings. The van der Waals surface area contributed by atoms with Crippen molar-refractivity contribution in [1.29, 1.82) is 0 Å². The summed E-state index contributed by atoms with van der Waals surface area (Å²) in [6, 6.07) is 6.66. The maximum atomic E-state index is 11.8. The van der Waals surface area contributed by atoms with Gasteiger partial charge in [0.05, 0.1) is 12.1 Å². The lowest BCUT2D eigenvalue weighted by Crippen LogP contribution is -2.41. The molecule has 1 aromatic carbocycles. The minimum Gasteiger partial charge on any atom is -0.348 e. The first-order chi connectivity index (χ1) is 8.58. The Morgan fingerprint density at radius 3 is 2.61 bits per heavy atom. The summed E-state index contributed by atoms with van der Waals surface area (Å²) in [6.07, 6.45) is 6.15. The quantitative estimate of drug-likeness (QED) is 0.802. The number of nitrogens with one attached hydrogen (secondary N) is 1. The average Bonchev–Trinajstić information content (AvgIpc) is 2.37. The van der Waals surface area contributed by atoms with E-state index in [1.807, 2.05) is 19.1 Å². The minimum atomic E-state index is -0.656. The van der Waals surface area contributed by atoms with Gasteiger partial charge >= 0.3 is 0 Å². The first-order valence-electron chi connectivity index (χ1n) is 5.83. The highest BCUT2D eigenvalue weighted by Gasteiger charge is 2.17. The molecule has 0 aliphatic heterocycles. The normalized spacial score (nSPS) is 13.4. The summed E-state index contributed by atoms with van der Waals surface area (Å²) in [7, 11) is 0. The summed E-state index contributed by atoms with van der Waals surface area (Å²) in [4.78, 5) is 11.8. The molecule has 1 rings (SSSR count). The number of amides is 1. The Bertz CT molecular complexity index is 436. The second-order valence-corrected chi connectivity index (χ2v) is 4.47. The molecular formula is C14H17ClN2O. The SMILES string of the molecule is C#CCC(N)C(=O)NC(CC)c1ccc(Cl)cc1. The van der Waals surface area contributed by atoms with E-state index in [9.17, 15) is 4.79 Å². The fourth-order valence-electron chi connectivity index (χ4n) is 1.61. The van der Waals surface area contributed by atoms with Crippen LogP contribution in [-0.4, -0.2) is 11.9 Å². The van der Waals surface area contributed by atoms with Crippen LogP contribution in [0.4, 0.5) is 0 Å². The maximum absolute atomic E-state index is 11.8.